The number of aromatic nitrogens is 4. The van der Waals surface area contributed by atoms with Gasteiger partial charge in [-0.2, -0.15) is 18.3 Å². The Morgan fingerprint density at radius 3 is 2.50 bits per heavy atom. The maximum Gasteiger partial charge on any atom is 0.435 e. The minimum Gasteiger partial charge on any atom is -0.259 e. The van der Waals surface area contributed by atoms with Gasteiger partial charge in [-0.25, -0.2) is 9.67 Å². The van der Waals surface area contributed by atoms with E-state index in [-0.39, 0.29) is 5.82 Å². The Kier molecular flexibility index (Phi) is 2.37. The molecule has 16 heavy (non-hydrogen) atoms. The number of hydrogen-bond donors (Lipinski definition) is 0. The van der Waals surface area contributed by atoms with Crippen LogP contribution in [0, 0.1) is 6.92 Å². The van der Waals surface area contributed by atoms with Crippen LogP contribution in [0.15, 0.2) is 24.7 Å². The van der Waals surface area contributed by atoms with Gasteiger partial charge in [0.05, 0.1) is 6.20 Å². The molecule has 0 unspecified atom stereocenters. The molecule has 0 atom stereocenters. The molecule has 0 aliphatic carbocycles. The number of aryl methyl sites for hydroxylation is 1. The summed E-state index contributed by atoms with van der Waals surface area (Å²) in [5, 5.41) is 3.44. The molecule has 4 nitrogen and oxygen atoms in total. The molecule has 2 heterocycles. The molecule has 7 heteroatoms. The predicted molar refractivity (Wildman–Crippen MR) is 48.9 cm³/mol. The van der Waals surface area contributed by atoms with Crippen molar-refractivity contribution in [3.05, 3.63) is 36.0 Å². The minimum absolute atomic E-state index is 0.260. The van der Waals surface area contributed by atoms with Crippen LogP contribution in [0.2, 0.25) is 0 Å². The normalized spacial score (nSPS) is 11.8. The van der Waals surface area contributed by atoms with Gasteiger partial charge in [-0.05, 0) is 13.0 Å². The van der Waals surface area contributed by atoms with E-state index in [1.165, 1.54) is 25.5 Å². The smallest absolute Gasteiger partial charge is 0.259 e. The Balaban J connectivity index is 2.48. The van der Waals surface area contributed by atoms with Crippen LogP contribution in [0.1, 0.15) is 11.4 Å². The van der Waals surface area contributed by atoms with Crippen molar-refractivity contribution in [1.82, 2.24) is 19.7 Å². The largest absolute Gasteiger partial charge is 0.435 e. The molecular formula is C9H7F3N4. The van der Waals surface area contributed by atoms with Gasteiger partial charge in [0, 0.05) is 18.1 Å². The van der Waals surface area contributed by atoms with Crippen LogP contribution < -0.4 is 0 Å². The zero-order valence-corrected chi connectivity index (χ0v) is 8.23. The van der Waals surface area contributed by atoms with Gasteiger partial charge in [-0.3, -0.25) is 4.98 Å². The average molecular weight is 228 g/mol. The first kappa shape index (κ1) is 10.6. The van der Waals surface area contributed by atoms with E-state index in [4.69, 9.17) is 0 Å². The van der Waals surface area contributed by atoms with Crippen molar-refractivity contribution in [3.63, 3.8) is 0 Å². The molecule has 0 amide bonds. The third kappa shape index (κ3) is 1.88. The molecule has 84 valence electrons. The van der Waals surface area contributed by atoms with Gasteiger partial charge in [-0.15, -0.1) is 0 Å². The topological polar surface area (TPSA) is 43.6 Å². The SMILES string of the molecule is Cc1cc(C(F)(F)F)nn1-c1cnccn1. The van der Waals surface area contributed by atoms with Crippen molar-refractivity contribution in [2.45, 2.75) is 13.1 Å². The van der Waals surface area contributed by atoms with Crippen LogP contribution >= 0.6 is 0 Å². The summed E-state index contributed by atoms with van der Waals surface area (Å²) in [6, 6.07) is 0.967. The monoisotopic (exact) mass is 228 g/mol. The fourth-order valence-corrected chi connectivity index (χ4v) is 1.25. The van der Waals surface area contributed by atoms with E-state index in [9.17, 15) is 13.2 Å². The lowest BCUT2D eigenvalue weighted by molar-refractivity contribution is -0.141. The zero-order valence-electron chi connectivity index (χ0n) is 8.23. The molecule has 2 aromatic rings. The molecule has 0 spiro atoms. The van der Waals surface area contributed by atoms with Gasteiger partial charge in [0.15, 0.2) is 11.5 Å². The first-order valence-electron chi connectivity index (χ1n) is 4.39. The van der Waals surface area contributed by atoms with Crippen LogP contribution in [0.4, 0.5) is 13.2 Å². The van der Waals surface area contributed by atoms with E-state index in [1.54, 1.807) is 0 Å². The molecule has 0 saturated carbocycles. The maximum atomic E-state index is 12.4. The zero-order chi connectivity index (χ0) is 11.8. The minimum atomic E-state index is -4.45. The highest BCUT2D eigenvalue weighted by atomic mass is 19.4. The Morgan fingerprint density at radius 2 is 2.00 bits per heavy atom. The number of halogens is 3. The lowest BCUT2D eigenvalue weighted by Gasteiger charge is -2.02. The summed E-state index contributed by atoms with van der Waals surface area (Å²) in [4.78, 5) is 7.64. The van der Waals surface area contributed by atoms with Gasteiger partial charge in [0.2, 0.25) is 0 Å². The van der Waals surface area contributed by atoms with Crippen LogP contribution in [0.5, 0.6) is 0 Å². The highest BCUT2D eigenvalue weighted by Crippen LogP contribution is 2.28. The van der Waals surface area contributed by atoms with Crippen molar-refractivity contribution in [2.75, 3.05) is 0 Å². The van der Waals surface area contributed by atoms with E-state index < -0.39 is 11.9 Å². The molecule has 2 rings (SSSR count). The van der Waals surface area contributed by atoms with Crippen molar-refractivity contribution >= 4 is 0 Å². The summed E-state index contributed by atoms with van der Waals surface area (Å²) in [6.45, 7) is 1.52. The second-order valence-electron chi connectivity index (χ2n) is 3.14. The van der Waals surface area contributed by atoms with Gasteiger partial charge in [0.25, 0.3) is 0 Å². The molecule has 0 aliphatic rings. The van der Waals surface area contributed by atoms with Crippen molar-refractivity contribution in [2.24, 2.45) is 0 Å². The Morgan fingerprint density at radius 1 is 1.25 bits per heavy atom. The molecule has 0 aromatic carbocycles. The first-order valence-corrected chi connectivity index (χ1v) is 4.39. The highest BCUT2D eigenvalue weighted by Gasteiger charge is 2.34. The van der Waals surface area contributed by atoms with Gasteiger partial charge < -0.3 is 0 Å². The summed E-state index contributed by atoms with van der Waals surface area (Å²) in [6.07, 6.45) is -0.269. The number of hydrogen-bond acceptors (Lipinski definition) is 3. The Labute approximate surface area is 88.8 Å². The van der Waals surface area contributed by atoms with Gasteiger partial charge in [0.1, 0.15) is 0 Å². The fourth-order valence-electron chi connectivity index (χ4n) is 1.25. The third-order valence-electron chi connectivity index (χ3n) is 1.94. The fraction of sp³-hybridized carbons (Fsp3) is 0.222. The lowest BCUT2D eigenvalue weighted by atomic mass is 10.4. The van der Waals surface area contributed by atoms with E-state index in [0.717, 1.165) is 10.7 Å². The number of nitrogens with zero attached hydrogens (tertiary/aromatic N) is 4. The Hall–Kier alpha value is -1.92. The van der Waals surface area contributed by atoms with Crippen LogP contribution in [0.25, 0.3) is 5.82 Å². The summed E-state index contributed by atoms with van der Waals surface area (Å²) < 4.78 is 38.3. The quantitative estimate of drug-likeness (QED) is 0.749. The van der Waals surface area contributed by atoms with Crippen molar-refractivity contribution in [1.29, 1.82) is 0 Å². The number of rotatable bonds is 1. The molecular weight excluding hydrogens is 221 g/mol. The lowest BCUT2D eigenvalue weighted by Crippen LogP contribution is -2.08. The van der Waals surface area contributed by atoms with E-state index >= 15 is 0 Å². The standard InChI is InChI=1S/C9H7F3N4/c1-6-4-7(9(10,11)12)15-16(6)8-5-13-2-3-14-8/h2-5H,1H3. The molecule has 0 saturated heterocycles. The molecule has 0 fully saturated rings. The summed E-state index contributed by atoms with van der Waals surface area (Å²) in [7, 11) is 0. The first-order chi connectivity index (χ1) is 7.48. The Bertz CT molecular complexity index is 489. The molecule has 0 bridgehead atoms. The van der Waals surface area contributed by atoms with Crippen LogP contribution in [0.3, 0.4) is 0 Å². The van der Waals surface area contributed by atoms with E-state index in [1.807, 2.05) is 0 Å². The molecule has 0 N–H and O–H groups in total. The molecule has 0 aliphatic heterocycles. The van der Waals surface area contributed by atoms with Crippen LogP contribution in [-0.2, 0) is 6.18 Å². The van der Waals surface area contributed by atoms with Gasteiger partial charge in [-0.1, -0.05) is 0 Å². The third-order valence-corrected chi connectivity index (χ3v) is 1.94. The summed E-state index contributed by atoms with van der Waals surface area (Å²) in [5.41, 5.74) is -0.580. The van der Waals surface area contributed by atoms with Crippen molar-refractivity contribution < 1.29 is 13.2 Å². The van der Waals surface area contributed by atoms with E-state index in [2.05, 4.69) is 15.1 Å². The second kappa shape index (κ2) is 3.58. The van der Waals surface area contributed by atoms with Crippen molar-refractivity contribution in [3.8, 4) is 5.82 Å². The average Bonchev–Trinajstić information content (AvgIpc) is 2.61. The molecule has 0 radical (unpaired) electrons. The maximum absolute atomic E-state index is 12.4. The summed E-state index contributed by atoms with van der Waals surface area (Å²) >= 11 is 0. The second-order valence-corrected chi connectivity index (χ2v) is 3.14. The highest BCUT2D eigenvalue weighted by molar-refractivity contribution is 5.23. The van der Waals surface area contributed by atoms with Gasteiger partial charge >= 0.3 is 6.18 Å². The summed E-state index contributed by atoms with van der Waals surface area (Å²) in [5.74, 6) is 0.260. The van der Waals surface area contributed by atoms with Crippen LogP contribution in [-0.4, -0.2) is 19.7 Å². The van der Waals surface area contributed by atoms with E-state index in [0.29, 0.717) is 5.69 Å². The predicted octanol–water partition coefficient (Wildman–Crippen LogP) is 1.99. The molecule has 2 aromatic heterocycles. The number of alkyl halides is 3.